The first-order chi connectivity index (χ1) is 9.11. The minimum atomic E-state index is 0.383. The number of anilines is 1. The number of hydrogen-bond donors (Lipinski definition) is 1. The number of aromatic nitrogens is 3. The highest BCUT2D eigenvalue weighted by Gasteiger charge is 2.09. The molecule has 1 heterocycles. The molecular formula is C14H20N4O. The number of benzene rings is 1. The summed E-state index contributed by atoms with van der Waals surface area (Å²) >= 11 is 0. The van der Waals surface area contributed by atoms with Gasteiger partial charge >= 0.3 is 0 Å². The zero-order valence-electron chi connectivity index (χ0n) is 11.7. The van der Waals surface area contributed by atoms with Crippen LogP contribution in [0.4, 0.5) is 5.69 Å². The third kappa shape index (κ3) is 3.05. The number of rotatable bonds is 5. The minimum absolute atomic E-state index is 0.383. The molecule has 0 aliphatic rings. The van der Waals surface area contributed by atoms with E-state index in [1.54, 1.807) is 6.33 Å². The van der Waals surface area contributed by atoms with E-state index in [0.29, 0.717) is 12.3 Å². The number of nitrogen functional groups attached to an aromatic ring is 1. The van der Waals surface area contributed by atoms with Gasteiger partial charge in [-0.15, -0.1) is 0 Å². The summed E-state index contributed by atoms with van der Waals surface area (Å²) in [7, 11) is 0. The Morgan fingerprint density at radius 2 is 2.11 bits per heavy atom. The summed E-state index contributed by atoms with van der Waals surface area (Å²) in [5.74, 6) is 1.55. The Kier molecular flexibility index (Phi) is 4.04. The Hall–Kier alpha value is -2.04. The topological polar surface area (TPSA) is 66.0 Å². The standard InChI is InChI=1S/C14H20N4O/c1-4-5-18-13(16-9-17-18)8-19-14-11(3)6-10(2)7-12(14)15/h6-7,9H,4-5,8,15H2,1-3H3. The van der Waals surface area contributed by atoms with Crippen molar-refractivity contribution < 1.29 is 4.74 Å². The molecule has 5 heteroatoms. The summed E-state index contributed by atoms with van der Waals surface area (Å²) < 4.78 is 7.67. The highest BCUT2D eigenvalue weighted by atomic mass is 16.5. The van der Waals surface area contributed by atoms with E-state index in [0.717, 1.165) is 35.7 Å². The average Bonchev–Trinajstić information content (AvgIpc) is 2.76. The van der Waals surface area contributed by atoms with Crippen LogP contribution in [0.3, 0.4) is 0 Å². The second kappa shape index (κ2) is 5.73. The molecule has 0 radical (unpaired) electrons. The van der Waals surface area contributed by atoms with Gasteiger partial charge in [-0.05, 0) is 37.5 Å². The average molecular weight is 260 g/mol. The van der Waals surface area contributed by atoms with Crippen LogP contribution in [0.2, 0.25) is 0 Å². The predicted molar refractivity (Wildman–Crippen MR) is 75.0 cm³/mol. The van der Waals surface area contributed by atoms with E-state index in [4.69, 9.17) is 10.5 Å². The van der Waals surface area contributed by atoms with Crippen molar-refractivity contribution in [3.05, 3.63) is 35.4 Å². The maximum atomic E-state index is 5.99. The molecule has 0 fully saturated rings. The molecule has 102 valence electrons. The molecule has 0 spiro atoms. The third-order valence-corrected chi connectivity index (χ3v) is 2.92. The Morgan fingerprint density at radius 1 is 1.32 bits per heavy atom. The van der Waals surface area contributed by atoms with Crippen LogP contribution >= 0.6 is 0 Å². The number of nitrogens with two attached hydrogens (primary N) is 1. The van der Waals surface area contributed by atoms with Crippen LogP contribution in [0, 0.1) is 13.8 Å². The summed E-state index contributed by atoms with van der Waals surface area (Å²) in [6.45, 7) is 7.35. The fourth-order valence-corrected chi connectivity index (χ4v) is 2.12. The zero-order chi connectivity index (χ0) is 13.8. The van der Waals surface area contributed by atoms with Crippen LogP contribution in [0.15, 0.2) is 18.5 Å². The first kappa shape index (κ1) is 13.4. The van der Waals surface area contributed by atoms with Gasteiger partial charge in [0, 0.05) is 6.54 Å². The molecule has 5 nitrogen and oxygen atoms in total. The van der Waals surface area contributed by atoms with E-state index in [9.17, 15) is 0 Å². The third-order valence-electron chi connectivity index (χ3n) is 2.92. The van der Waals surface area contributed by atoms with Crippen LogP contribution in [0.25, 0.3) is 0 Å². The van der Waals surface area contributed by atoms with E-state index in [1.165, 1.54) is 0 Å². The normalized spacial score (nSPS) is 10.7. The molecule has 0 saturated carbocycles. The summed E-state index contributed by atoms with van der Waals surface area (Å²) in [4.78, 5) is 4.21. The van der Waals surface area contributed by atoms with Crippen molar-refractivity contribution in [3.8, 4) is 5.75 Å². The summed E-state index contributed by atoms with van der Waals surface area (Å²) in [5.41, 5.74) is 8.83. The molecule has 19 heavy (non-hydrogen) atoms. The molecule has 0 amide bonds. The Labute approximate surface area is 113 Å². The fraction of sp³-hybridized carbons (Fsp3) is 0.429. The maximum absolute atomic E-state index is 5.99. The fourth-order valence-electron chi connectivity index (χ4n) is 2.12. The van der Waals surface area contributed by atoms with Crippen molar-refractivity contribution in [2.24, 2.45) is 0 Å². The number of aryl methyl sites for hydroxylation is 3. The van der Waals surface area contributed by atoms with Gasteiger partial charge in [0.1, 0.15) is 18.7 Å². The molecule has 0 saturated heterocycles. The molecule has 1 aromatic carbocycles. The van der Waals surface area contributed by atoms with Gasteiger partial charge in [0.15, 0.2) is 5.82 Å². The molecule has 1 aromatic heterocycles. The molecule has 2 rings (SSSR count). The minimum Gasteiger partial charge on any atom is -0.483 e. The Balaban J connectivity index is 2.12. The van der Waals surface area contributed by atoms with Gasteiger partial charge in [0.05, 0.1) is 5.69 Å². The predicted octanol–water partition coefficient (Wildman–Crippen LogP) is 2.47. The van der Waals surface area contributed by atoms with Crippen LogP contribution in [0.5, 0.6) is 5.75 Å². The number of ether oxygens (including phenoxy) is 1. The first-order valence-electron chi connectivity index (χ1n) is 6.48. The zero-order valence-corrected chi connectivity index (χ0v) is 11.7. The molecule has 2 N–H and O–H groups in total. The van der Waals surface area contributed by atoms with Crippen LogP contribution in [0.1, 0.15) is 30.3 Å². The smallest absolute Gasteiger partial charge is 0.164 e. The summed E-state index contributed by atoms with van der Waals surface area (Å²) in [6, 6.07) is 3.97. The van der Waals surface area contributed by atoms with Crippen molar-refractivity contribution in [1.82, 2.24) is 14.8 Å². The van der Waals surface area contributed by atoms with Crippen molar-refractivity contribution >= 4 is 5.69 Å². The van der Waals surface area contributed by atoms with Crippen molar-refractivity contribution in [2.75, 3.05) is 5.73 Å². The van der Waals surface area contributed by atoms with E-state index < -0.39 is 0 Å². The van der Waals surface area contributed by atoms with E-state index in [1.807, 2.05) is 24.6 Å². The lowest BCUT2D eigenvalue weighted by Gasteiger charge is -2.12. The van der Waals surface area contributed by atoms with Gasteiger partial charge in [0.25, 0.3) is 0 Å². The highest BCUT2D eigenvalue weighted by Crippen LogP contribution is 2.28. The Bertz CT molecular complexity index is 539. The van der Waals surface area contributed by atoms with E-state index in [-0.39, 0.29) is 0 Å². The van der Waals surface area contributed by atoms with Gasteiger partial charge in [-0.3, -0.25) is 0 Å². The first-order valence-corrected chi connectivity index (χ1v) is 6.48. The summed E-state index contributed by atoms with van der Waals surface area (Å²) in [5, 5.41) is 4.17. The SMILES string of the molecule is CCCn1ncnc1COc1c(C)cc(C)cc1N. The summed E-state index contributed by atoms with van der Waals surface area (Å²) in [6.07, 6.45) is 2.57. The largest absolute Gasteiger partial charge is 0.483 e. The van der Waals surface area contributed by atoms with Crippen LogP contribution in [-0.2, 0) is 13.2 Å². The molecule has 0 unspecified atom stereocenters. The lowest BCUT2D eigenvalue weighted by atomic mass is 10.1. The van der Waals surface area contributed by atoms with Crippen molar-refractivity contribution in [3.63, 3.8) is 0 Å². The van der Waals surface area contributed by atoms with Gasteiger partial charge < -0.3 is 10.5 Å². The molecule has 0 aliphatic carbocycles. The second-order valence-corrected chi connectivity index (χ2v) is 4.69. The second-order valence-electron chi connectivity index (χ2n) is 4.69. The lowest BCUT2D eigenvalue weighted by Crippen LogP contribution is -2.09. The van der Waals surface area contributed by atoms with Crippen LogP contribution in [-0.4, -0.2) is 14.8 Å². The number of hydrogen-bond acceptors (Lipinski definition) is 4. The molecule has 0 bridgehead atoms. The van der Waals surface area contributed by atoms with Gasteiger partial charge in [0.2, 0.25) is 0 Å². The van der Waals surface area contributed by atoms with Crippen LogP contribution < -0.4 is 10.5 Å². The van der Waals surface area contributed by atoms with Gasteiger partial charge in [-0.2, -0.15) is 5.10 Å². The van der Waals surface area contributed by atoms with E-state index >= 15 is 0 Å². The van der Waals surface area contributed by atoms with E-state index in [2.05, 4.69) is 23.1 Å². The monoisotopic (exact) mass is 260 g/mol. The van der Waals surface area contributed by atoms with Crippen molar-refractivity contribution in [2.45, 2.75) is 40.3 Å². The molecule has 2 aromatic rings. The molecule has 0 atom stereocenters. The van der Waals surface area contributed by atoms with Gasteiger partial charge in [-0.1, -0.05) is 13.0 Å². The van der Waals surface area contributed by atoms with Gasteiger partial charge in [-0.25, -0.2) is 9.67 Å². The molecular weight excluding hydrogens is 240 g/mol. The maximum Gasteiger partial charge on any atom is 0.164 e. The highest BCUT2D eigenvalue weighted by molar-refractivity contribution is 5.58. The Morgan fingerprint density at radius 3 is 2.79 bits per heavy atom. The quantitative estimate of drug-likeness (QED) is 0.839. The number of nitrogens with zero attached hydrogens (tertiary/aromatic N) is 3. The molecule has 0 aliphatic heterocycles. The lowest BCUT2D eigenvalue weighted by molar-refractivity contribution is 0.286. The van der Waals surface area contributed by atoms with Crippen molar-refractivity contribution in [1.29, 1.82) is 0 Å².